The van der Waals surface area contributed by atoms with Crippen LogP contribution in [0.1, 0.15) is 52.7 Å². The number of nitrogens with zero attached hydrogens (tertiary/aromatic N) is 2. The maximum Gasteiger partial charge on any atom is 0.252 e. The summed E-state index contributed by atoms with van der Waals surface area (Å²) in [6.45, 7) is 14.1. The molecule has 0 aliphatic carbocycles. The highest BCUT2D eigenvalue weighted by molar-refractivity contribution is 7.22. The van der Waals surface area contributed by atoms with Crippen molar-refractivity contribution in [2.45, 2.75) is 52.4 Å². The van der Waals surface area contributed by atoms with E-state index in [1.54, 1.807) is 0 Å². The molecule has 0 atom stereocenters. The van der Waals surface area contributed by atoms with Crippen LogP contribution in [0.2, 0.25) is 0 Å². The van der Waals surface area contributed by atoms with Crippen molar-refractivity contribution in [3.8, 4) is 0 Å². The molecule has 10 rings (SSSR count). The van der Waals surface area contributed by atoms with Gasteiger partial charge >= 0.3 is 0 Å². The van der Waals surface area contributed by atoms with Gasteiger partial charge in [0, 0.05) is 34.1 Å². The van der Waals surface area contributed by atoms with Crippen molar-refractivity contribution in [2.75, 3.05) is 9.80 Å². The Morgan fingerprint density at radius 2 is 0.907 bits per heavy atom. The molecule has 3 aliphatic heterocycles. The van der Waals surface area contributed by atoms with Gasteiger partial charge in [0.1, 0.15) is 0 Å². The van der Waals surface area contributed by atoms with Crippen LogP contribution >= 0.6 is 0 Å². The largest absolute Gasteiger partial charge is 0.312 e. The van der Waals surface area contributed by atoms with Gasteiger partial charge < -0.3 is 9.80 Å². The summed E-state index contributed by atoms with van der Waals surface area (Å²) < 4.78 is 0. The van der Waals surface area contributed by atoms with Gasteiger partial charge in [-0.15, -0.1) is 0 Å². The van der Waals surface area contributed by atoms with Crippen molar-refractivity contribution < 1.29 is 0 Å². The smallest absolute Gasteiger partial charge is 0.252 e. The van der Waals surface area contributed by atoms with Crippen LogP contribution in [0.3, 0.4) is 0 Å². The number of fused-ring (bicyclic) bond motifs is 6. The lowest BCUT2D eigenvalue weighted by molar-refractivity contribution is 0.569. The second-order valence-corrected chi connectivity index (χ2v) is 21.1. The molecule has 7 aromatic carbocycles. The molecule has 0 unspecified atom stereocenters. The average Bonchev–Trinajstić information content (AvgIpc) is 3.18. The van der Waals surface area contributed by atoms with E-state index in [1.165, 1.54) is 82.4 Å². The van der Waals surface area contributed by atoms with Gasteiger partial charge in [0.05, 0.1) is 0 Å². The molecule has 262 valence electrons. The van der Waals surface area contributed by atoms with E-state index in [0.29, 0.717) is 0 Å². The average molecular weight is 713 g/mol. The molecule has 0 radical (unpaired) electrons. The molecule has 0 N–H and O–H groups in total. The molecule has 3 aliphatic rings. The first-order valence-electron chi connectivity index (χ1n) is 19.4. The Labute approximate surface area is 321 Å². The molecule has 3 heterocycles. The molecular formula is C50H45BN2Si. The third kappa shape index (κ3) is 4.59. The highest BCUT2D eigenvalue weighted by atomic mass is 28.3. The van der Waals surface area contributed by atoms with E-state index < -0.39 is 8.07 Å². The van der Waals surface area contributed by atoms with Gasteiger partial charge in [-0.2, -0.15) is 0 Å². The Morgan fingerprint density at radius 3 is 1.54 bits per heavy atom. The Balaban J connectivity index is 1.31. The molecule has 0 amide bonds. The molecule has 0 spiro atoms. The Morgan fingerprint density at radius 1 is 0.426 bits per heavy atom. The van der Waals surface area contributed by atoms with Gasteiger partial charge in [-0.25, -0.2) is 0 Å². The third-order valence-corrected chi connectivity index (χ3v) is 17.0. The highest BCUT2D eigenvalue weighted by Crippen LogP contribution is 2.46. The molecule has 4 heteroatoms. The number of rotatable bonds is 3. The van der Waals surface area contributed by atoms with Crippen LogP contribution in [-0.4, -0.2) is 14.8 Å². The Kier molecular flexibility index (Phi) is 7.16. The van der Waals surface area contributed by atoms with Crippen molar-refractivity contribution in [1.29, 1.82) is 0 Å². The minimum absolute atomic E-state index is 0.00467. The molecular weight excluding hydrogens is 667 g/mol. The van der Waals surface area contributed by atoms with Crippen LogP contribution in [0, 0.1) is 0 Å². The first-order chi connectivity index (χ1) is 26.1. The molecule has 0 saturated heterocycles. The third-order valence-electron chi connectivity index (χ3n) is 12.2. The predicted octanol–water partition coefficient (Wildman–Crippen LogP) is 8.06. The number of benzene rings is 7. The topological polar surface area (TPSA) is 6.48 Å². The standard InChI is InChI=1S/C50H45BN2Si/c1-49(2,3)34-31-35(50(4,5)6)33-36(32-34)52-41-25-14-13-23-39(41)51-40-24-17-30-46-48(40)53(44-28-18-27-43(52)47(44)51)42-26-15-16-29-45(42)54(46,37-19-9-7-10-20-37)38-21-11-8-12-22-38/h7-33H,1-6H3. The highest BCUT2D eigenvalue weighted by Gasteiger charge is 2.53. The molecule has 7 aromatic rings. The van der Waals surface area contributed by atoms with Gasteiger partial charge in [0.2, 0.25) is 0 Å². The second-order valence-electron chi connectivity index (χ2n) is 17.4. The fraction of sp³-hybridized carbons (Fsp3) is 0.160. The summed E-state index contributed by atoms with van der Waals surface area (Å²) in [5, 5.41) is 5.73. The summed E-state index contributed by atoms with van der Waals surface area (Å²) in [7, 11) is -2.75. The predicted molar refractivity (Wildman–Crippen MR) is 235 cm³/mol. The number of anilines is 6. The summed E-state index contributed by atoms with van der Waals surface area (Å²) in [4.78, 5) is 5.19. The molecule has 54 heavy (non-hydrogen) atoms. The SMILES string of the molecule is CC(C)(C)c1cc(N2c3ccccc3B3c4cccc5c4N(c4ccccc4[Si]5(c4ccccc4)c4ccccc4)c4cccc2c43)cc(C(C)(C)C)c1. The van der Waals surface area contributed by atoms with Gasteiger partial charge in [0.25, 0.3) is 6.71 Å². The van der Waals surface area contributed by atoms with E-state index in [2.05, 4.69) is 215 Å². The van der Waals surface area contributed by atoms with Crippen LogP contribution in [0.25, 0.3) is 0 Å². The van der Waals surface area contributed by atoms with Crippen LogP contribution in [-0.2, 0) is 10.8 Å². The van der Waals surface area contributed by atoms with E-state index in [1.807, 2.05) is 0 Å². The Hall–Kier alpha value is -5.58. The minimum Gasteiger partial charge on any atom is -0.312 e. The lowest BCUT2D eigenvalue weighted by atomic mass is 9.33. The van der Waals surface area contributed by atoms with Gasteiger partial charge in [-0.05, 0) is 95.5 Å². The molecule has 0 bridgehead atoms. The van der Waals surface area contributed by atoms with Crippen molar-refractivity contribution in [1.82, 2.24) is 0 Å². The first-order valence-corrected chi connectivity index (χ1v) is 21.4. The summed E-state index contributed by atoms with van der Waals surface area (Å²) in [6.07, 6.45) is 0. The van der Waals surface area contributed by atoms with E-state index in [0.717, 1.165) is 0 Å². The molecule has 0 aromatic heterocycles. The maximum atomic E-state index is 2.63. The normalized spacial score (nSPS) is 14.9. The quantitative estimate of drug-likeness (QED) is 0.171. The Bertz CT molecular complexity index is 2530. The van der Waals surface area contributed by atoms with Crippen LogP contribution < -0.4 is 46.9 Å². The van der Waals surface area contributed by atoms with Crippen molar-refractivity contribution in [2.24, 2.45) is 0 Å². The monoisotopic (exact) mass is 712 g/mol. The van der Waals surface area contributed by atoms with E-state index in [-0.39, 0.29) is 17.5 Å². The summed E-state index contributed by atoms with van der Waals surface area (Å²) in [6, 6.07) is 62.8. The zero-order valence-electron chi connectivity index (χ0n) is 32.1. The number of hydrogen-bond acceptors (Lipinski definition) is 2. The minimum atomic E-state index is -2.75. The van der Waals surface area contributed by atoms with Crippen LogP contribution in [0.4, 0.5) is 34.1 Å². The van der Waals surface area contributed by atoms with E-state index in [9.17, 15) is 0 Å². The lowest BCUT2D eigenvalue weighted by Crippen LogP contribution is -2.79. The molecule has 2 nitrogen and oxygen atoms in total. The zero-order valence-corrected chi connectivity index (χ0v) is 33.1. The van der Waals surface area contributed by atoms with E-state index >= 15 is 0 Å². The van der Waals surface area contributed by atoms with Crippen molar-refractivity contribution >= 4 is 86.0 Å². The fourth-order valence-corrected chi connectivity index (χ4v) is 14.8. The molecule has 0 fully saturated rings. The number of hydrogen-bond donors (Lipinski definition) is 0. The van der Waals surface area contributed by atoms with Gasteiger partial charge in [0.15, 0.2) is 8.07 Å². The van der Waals surface area contributed by atoms with Crippen LogP contribution in [0.15, 0.2) is 164 Å². The summed E-state index contributed by atoms with van der Waals surface area (Å²) in [5.74, 6) is 0. The van der Waals surface area contributed by atoms with Crippen molar-refractivity contribution in [3.63, 3.8) is 0 Å². The van der Waals surface area contributed by atoms with Crippen molar-refractivity contribution in [3.05, 3.63) is 175 Å². The van der Waals surface area contributed by atoms with E-state index in [4.69, 9.17) is 0 Å². The summed E-state index contributed by atoms with van der Waals surface area (Å²) in [5.41, 5.74) is 14.5. The zero-order chi connectivity index (χ0) is 37.0. The summed E-state index contributed by atoms with van der Waals surface area (Å²) >= 11 is 0. The number of para-hydroxylation sites is 3. The maximum absolute atomic E-state index is 2.75. The first kappa shape index (κ1) is 33.0. The lowest BCUT2D eigenvalue weighted by Gasteiger charge is -2.50. The second kappa shape index (κ2) is 11.7. The van der Waals surface area contributed by atoms with Gasteiger partial charge in [-0.3, -0.25) is 0 Å². The van der Waals surface area contributed by atoms with Crippen LogP contribution in [0.5, 0.6) is 0 Å². The van der Waals surface area contributed by atoms with Gasteiger partial charge in [-0.1, -0.05) is 169 Å². The fourth-order valence-electron chi connectivity index (χ4n) is 9.67. The molecule has 0 saturated carbocycles.